The van der Waals surface area contributed by atoms with Crippen LogP contribution < -0.4 is 5.73 Å². The first-order valence-electron chi connectivity index (χ1n) is 26.0. The molecule has 0 spiro atoms. The fraction of sp³-hybridized carbons (Fsp3) is 0.741. The molecule has 10 nitrogen and oxygen atoms in total. The van der Waals surface area contributed by atoms with Gasteiger partial charge in [0.15, 0.2) is 0 Å². The molecule has 0 aliphatic rings. The monoisotopic (exact) mass is 934 g/mol. The van der Waals surface area contributed by atoms with E-state index >= 15 is 0 Å². The zero-order valence-electron chi connectivity index (χ0n) is 41.3. The summed E-state index contributed by atoms with van der Waals surface area (Å²) in [5.41, 5.74) is 5.38. The number of hydrogen-bond donors (Lipinski definition) is 3. The molecular formula is C54H96NO9P. The Kier molecular flexibility index (Phi) is 47.4. The summed E-state index contributed by atoms with van der Waals surface area (Å²) < 4.78 is 33.5. The highest BCUT2D eigenvalue weighted by Crippen LogP contribution is 2.43. The van der Waals surface area contributed by atoms with Crippen LogP contribution in [0.4, 0.5) is 0 Å². The van der Waals surface area contributed by atoms with Crippen molar-refractivity contribution in [1.29, 1.82) is 0 Å². The number of carbonyl (C=O) groups excluding carboxylic acids is 1. The topological polar surface area (TPSA) is 155 Å². The largest absolute Gasteiger partial charge is 0.480 e. The SMILES string of the molecule is CC/C=C\C/C=C\C/C=C\C/C=C\CCCCCCCCCCCCC(=O)OC(COCCCCCCCCCCCC/C=C\C/C=C\CCCCC)COP(=O)(O)OCC(N)C(=O)O. The molecule has 0 fully saturated rings. The second-order valence-electron chi connectivity index (χ2n) is 17.3. The van der Waals surface area contributed by atoms with Crippen molar-refractivity contribution in [3.05, 3.63) is 72.9 Å². The molecule has 3 unspecified atom stereocenters. The molecule has 0 saturated carbocycles. The molecule has 0 bridgehead atoms. The Bertz CT molecular complexity index is 1310. The van der Waals surface area contributed by atoms with Crippen molar-refractivity contribution in [2.24, 2.45) is 5.73 Å². The standard InChI is InChI=1S/C54H96NO9P/c1-3-5-7-9-11-13-15-17-19-21-23-25-26-27-28-30-32-34-36-38-40-42-44-46-53(56)64-51(49-62-65(59,60)63-50-52(55)54(57)58)48-61-47-45-43-41-39-37-35-33-31-29-24-22-20-18-16-14-12-10-8-6-4-2/h5,7,11-14,17-20,23,25,51-52H,3-4,6,8-10,15-16,21-22,24,26-50,55H2,1-2H3,(H,57,58)(H,59,60)/b7-5-,13-11-,14-12-,19-17-,20-18-,25-23-. The normalized spacial score (nSPS) is 14.3. The number of hydrogen-bond acceptors (Lipinski definition) is 8. The third-order valence-electron chi connectivity index (χ3n) is 11.0. The first-order chi connectivity index (χ1) is 31.7. The fourth-order valence-corrected chi connectivity index (χ4v) is 7.76. The second kappa shape index (κ2) is 49.3. The van der Waals surface area contributed by atoms with E-state index in [0.717, 1.165) is 77.0 Å². The van der Waals surface area contributed by atoms with E-state index in [1.165, 1.54) is 116 Å². The van der Waals surface area contributed by atoms with E-state index in [9.17, 15) is 19.0 Å². The van der Waals surface area contributed by atoms with Crippen LogP contribution in [0.3, 0.4) is 0 Å². The van der Waals surface area contributed by atoms with Crippen LogP contribution in [0.15, 0.2) is 72.9 Å². The van der Waals surface area contributed by atoms with Crippen molar-refractivity contribution in [3.63, 3.8) is 0 Å². The number of phosphoric acid groups is 1. The number of aliphatic carboxylic acids is 1. The maximum Gasteiger partial charge on any atom is 0.472 e. The van der Waals surface area contributed by atoms with Gasteiger partial charge in [-0.25, -0.2) is 4.57 Å². The highest BCUT2D eigenvalue weighted by atomic mass is 31.2. The summed E-state index contributed by atoms with van der Waals surface area (Å²) in [6.45, 7) is 3.75. The molecule has 376 valence electrons. The number of esters is 1. The third kappa shape index (κ3) is 49.1. The van der Waals surface area contributed by atoms with Gasteiger partial charge in [-0.05, 0) is 83.5 Å². The average Bonchev–Trinajstić information content (AvgIpc) is 3.29. The Morgan fingerprint density at radius 2 is 0.892 bits per heavy atom. The van der Waals surface area contributed by atoms with Gasteiger partial charge in [0.2, 0.25) is 0 Å². The lowest BCUT2D eigenvalue weighted by molar-refractivity contribution is -0.154. The van der Waals surface area contributed by atoms with Crippen LogP contribution in [0.25, 0.3) is 0 Å². The highest BCUT2D eigenvalue weighted by Gasteiger charge is 2.27. The van der Waals surface area contributed by atoms with Crippen molar-refractivity contribution in [2.45, 2.75) is 231 Å². The number of ether oxygens (including phenoxy) is 2. The first kappa shape index (κ1) is 62.4. The lowest BCUT2D eigenvalue weighted by atomic mass is 10.0. The van der Waals surface area contributed by atoms with Gasteiger partial charge in [-0.15, -0.1) is 0 Å². The minimum Gasteiger partial charge on any atom is -0.480 e. The number of carboxylic acids is 1. The summed E-state index contributed by atoms with van der Waals surface area (Å²) in [6.07, 6.45) is 62.4. The molecule has 0 amide bonds. The number of phosphoric ester groups is 1. The maximum atomic E-state index is 12.7. The number of carboxylic acid groups (broad SMARTS) is 1. The van der Waals surface area contributed by atoms with Crippen molar-refractivity contribution < 1.29 is 42.7 Å². The molecule has 0 aliphatic carbocycles. The predicted molar refractivity (Wildman–Crippen MR) is 272 cm³/mol. The summed E-state index contributed by atoms with van der Waals surface area (Å²) in [6, 6.07) is -1.48. The molecular weight excluding hydrogens is 838 g/mol. The molecule has 0 saturated heterocycles. The quantitative estimate of drug-likeness (QED) is 0.0232. The van der Waals surface area contributed by atoms with E-state index < -0.39 is 45.1 Å². The van der Waals surface area contributed by atoms with E-state index in [-0.39, 0.29) is 13.0 Å². The van der Waals surface area contributed by atoms with Crippen LogP contribution in [0, 0.1) is 0 Å². The van der Waals surface area contributed by atoms with Gasteiger partial charge in [0.05, 0.1) is 19.8 Å². The van der Waals surface area contributed by atoms with Gasteiger partial charge in [-0.3, -0.25) is 18.6 Å². The van der Waals surface area contributed by atoms with Crippen LogP contribution in [-0.4, -0.2) is 60.5 Å². The Morgan fingerprint density at radius 3 is 1.34 bits per heavy atom. The average molecular weight is 934 g/mol. The summed E-state index contributed by atoms with van der Waals surface area (Å²) in [7, 11) is -4.63. The highest BCUT2D eigenvalue weighted by molar-refractivity contribution is 7.47. The molecule has 3 atom stereocenters. The molecule has 0 heterocycles. The van der Waals surface area contributed by atoms with Gasteiger partial charge in [0.25, 0.3) is 0 Å². The molecule has 0 aromatic heterocycles. The molecule has 0 aromatic carbocycles. The Labute approximate surface area is 397 Å². The lowest BCUT2D eigenvalue weighted by Crippen LogP contribution is -2.34. The van der Waals surface area contributed by atoms with E-state index in [0.29, 0.717) is 13.0 Å². The smallest absolute Gasteiger partial charge is 0.472 e. The van der Waals surface area contributed by atoms with Gasteiger partial charge in [0.1, 0.15) is 12.1 Å². The minimum atomic E-state index is -4.63. The molecule has 65 heavy (non-hydrogen) atoms. The van der Waals surface area contributed by atoms with E-state index in [1.807, 2.05) is 0 Å². The number of carbonyl (C=O) groups is 2. The number of allylic oxidation sites excluding steroid dienone is 12. The zero-order valence-corrected chi connectivity index (χ0v) is 42.2. The van der Waals surface area contributed by atoms with Crippen molar-refractivity contribution >= 4 is 19.8 Å². The lowest BCUT2D eigenvalue weighted by Gasteiger charge is -2.20. The number of nitrogens with two attached hydrogens (primary N) is 1. The first-order valence-corrected chi connectivity index (χ1v) is 27.5. The molecule has 11 heteroatoms. The zero-order chi connectivity index (χ0) is 47.6. The van der Waals surface area contributed by atoms with Crippen molar-refractivity contribution in [2.75, 3.05) is 26.4 Å². The molecule has 0 radical (unpaired) electrons. The van der Waals surface area contributed by atoms with E-state index in [2.05, 4.69) is 86.8 Å². The van der Waals surface area contributed by atoms with E-state index in [4.69, 9.17) is 29.4 Å². The van der Waals surface area contributed by atoms with Crippen molar-refractivity contribution in [3.8, 4) is 0 Å². The van der Waals surface area contributed by atoms with Crippen LogP contribution >= 0.6 is 7.82 Å². The molecule has 0 aliphatic heterocycles. The fourth-order valence-electron chi connectivity index (χ4n) is 6.98. The summed E-state index contributed by atoms with van der Waals surface area (Å²) in [5, 5.41) is 8.94. The van der Waals surface area contributed by atoms with Gasteiger partial charge in [-0.1, -0.05) is 202 Å². The second-order valence-corrected chi connectivity index (χ2v) is 18.7. The van der Waals surface area contributed by atoms with E-state index in [1.54, 1.807) is 0 Å². The Balaban J connectivity index is 4.15. The summed E-state index contributed by atoms with van der Waals surface area (Å²) >= 11 is 0. The van der Waals surface area contributed by atoms with Crippen LogP contribution in [0.2, 0.25) is 0 Å². The van der Waals surface area contributed by atoms with Crippen molar-refractivity contribution in [1.82, 2.24) is 0 Å². The van der Waals surface area contributed by atoms with Gasteiger partial charge in [-0.2, -0.15) is 0 Å². The van der Waals surface area contributed by atoms with Gasteiger partial charge >= 0.3 is 19.8 Å². The third-order valence-corrected chi connectivity index (χ3v) is 11.9. The van der Waals surface area contributed by atoms with Crippen LogP contribution in [-0.2, 0) is 32.7 Å². The summed E-state index contributed by atoms with van der Waals surface area (Å²) in [5.74, 6) is -1.78. The molecule has 4 N–H and O–H groups in total. The molecule has 0 rings (SSSR count). The minimum absolute atomic E-state index is 0.0107. The van der Waals surface area contributed by atoms with Crippen LogP contribution in [0.1, 0.15) is 219 Å². The predicted octanol–water partition coefficient (Wildman–Crippen LogP) is 15.3. The number of rotatable bonds is 49. The van der Waals surface area contributed by atoms with Gasteiger partial charge < -0.3 is 25.2 Å². The molecule has 0 aromatic rings. The Morgan fingerprint density at radius 1 is 0.508 bits per heavy atom. The Hall–Kier alpha value is -2.59. The van der Waals surface area contributed by atoms with Gasteiger partial charge in [0, 0.05) is 13.0 Å². The number of unbranched alkanes of at least 4 members (excludes halogenated alkanes) is 23. The maximum absolute atomic E-state index is 12.7. The summed E-state index contributed by atoms with van der Waals surface area (Å²) in [4.78, 5) is 33.7. The van der Waals surface area contributed by atoms with Crippen LogP contribution in [0.5, 0.6) is 0 Å².